The Morgan fingerprint density at radius 1 is 1.21 bits per heavy atom. The van der Waals surface area contributed by atoms with E-state index in [0.717, 1.165) is 40.6 Å². The number of rotatable bonds is 6. The van der Waals surface area contributed by atoms with Gasteiger partial charge in [-0.1, -0.05) is 0 Å². The summed E-state index contributed by atoms with van der Waals surface area (Å²) in [5.41, 5.74) is 7.52. The molecule has 4 nitrogen and oxygen atoms in total. The fourth-order valence-electron chi connectivity index (χ4n) is 1.81. The summed E-state index contributed by atoms with van der Waals surface area (Å²) in [7, 11) is 3.26. The lowest BCUT2D eigenvalue weighted by Gasteiger charge is -2.08. The smallest absolute Gasteiger partial charge is 0.161 e. The molecular formula is C14H18N2O2S. The fourth-order valence-corrected chi connectivity index (χ4v) is 2.66. The Bertz CT molecular complexity index is 540. The van der Waals surface area contributed by atoms with Crippen molar-refractivity contribution >= 4 is 11.3 Å². The molecular weight excluding hydrogens is 260 g/mol. The largest absolute Gasteiger partial charge is 0.493 e. The van der Waals surface area contributed by atoms with Crippen molar-refractivity contribution in [3.05, 3.63) is 28.6 Å². The van der Waals surface area contributed by atoms with Gasteiger partial charge in [-0.25, -0.2) is 4.98 Å². The molecule has 0 bridgehead atoms. The molecule has 0 unspecified atom stereocenters. The maximum absolute atomic E-state index is 5.51. The third-order valence-electron chi connectivity index (χ3n) is 2.83. The van der Waals surface area contributed by atoms with Crippen LogP contribution in [-0.4, -0.2) is 25.7 Å². The third kappa shape index (κ3) is 3.24. The summed E-state index contributed by atoms with van der Waals surface area (Å²) in [6.45, 7) is 0.700. The van der Waals surface area contributed by atoms with Gasteiger partial charge in [-0.05, 0) is 31.2 Å². The van der Waals surface area contributed by atoms with Crippen molar-refractivity contribution in [3.8, 4) is 22.8 Å². The number of hydrogen-bond donors (Lipinski definition) is 1. The first-order valence-corrected chi connectivity index (χ1v) is 7.03. The second-order valence-electron chi connectivity index (χ2n) is 4.09. The van der Waals surface area contributed by atoms with E-state index < -0.39 is 0 Å². The van der Waals surface area contributed by atoms with Crippen molar-refractivity contribution in [2.24, 2.45) is 5.73 Å². The molecule has 0 aliphatic rings. The summed E-state index contributed by atoms with van der Waals surface area (Å²) >= 11 is 1.67. The van der Waals surface area contributed by atoms with E-state index in [9.17, 15) is 0 Å². The van der Waals surface area contributed by atoms with Crippen LogP contribution in [-0.2, 0) is 6.42 Å². The van der Waals surface area contributed by atoms with E-state index in [-0.39, 0.29) is 0 Å². The van der Waals surface area contributed by atoms with Crippen LogP contribution < -0.4 is 15.2 Å². The highest BCUT2D eigenvalue weighted by Crippen LogP contribution is 2.32. The van der Waals surface area contributed by atoms with Crippen molar-refractivity contribution < 1.29 is 9.47 Å². The third-order valence-corrected chi connectivity index (χ3v) is 3.73. The summed E-state index contributed by atoms with van der Waals surface area (Å²) in [6.07, 6.45) is 1.91. The monoisotopic (exact) mass is 278 g/mol. The van der Waals surface area contributed by atoms with E-state index in [1.54, 1.807) is 25.6 Å². The average molecular weight is 278 g/mol. The van der Waals surface area contributed by atoms with Gasteiger partial charge in [-0.15, -0.1) is 11.3 Å². The van der Waals surface area contributed by atoms with Gasteiger partial charge in [0.05, 0.1) is 24.9 Å². The minimum Gasteiger partial charge on any atom is -0.493 e. The topological polar surface area (TPSA) is 57.4 Å². The molecule has 0 aliphatic heterocycles. The van der Waals surface area contributed by atoms with Crippen molar-refractivity contribution in [2.75, 3.05) is 20.8 Å². The molecule has 1 aromatic heterocycles. The summed E-state index contributed by atoms with van der Waals surface area (Å²) in [6, 6.07) is 5.83. The quantitative estimate of drug-likeness (QED) is 0.882. The van der Waals surface area contributed by atoms with Crippen molar-refractivity contribution in [1.82, 2.24) is 4.98 Å². The maximum atomic E-state index is 5.51. The lowest BCUT2D eigenvalue weighted by molar-refractivity contribution is 0.355. The van der Waals surface area contributed by atoms with Gasteiger partial charge in [0, 0.05) is 17.4 Å². The summed E-state index contributed by atoms with van der Waals surface area (Å²) < 4.78 is 10.5. The molecule has 2 rings (SSSR count). The molecule has 0 aliphatic carbocycles. The van der Waals surface area contributed by atoms with E-state index >= 15 is 0 Å². The van der Waals surface area contributed by atoms with Gasteiger partial charge < -0.3 is 15.2 Å². The second kappa shape index (κ2) is 6.54. The number of nitrogens with zero attached hydrogens (tertiary/aromatic N) is 1. The van der Waals surface area contributed by atoms with Crippen LogP contribution >= 0.6 is 11.3 Å². The van der Waals surface area contributed by atoms with Crippen LogP contribution in [0.4, 0.5) is 0 Å². The number of ether oxygens (including phenoxy) is 2. The molecule has 19 heavy (non-hydrogen) atoms. The Kier molecular flexibility index (Phi) is 4.76. The zero-order valence-electron chi connectivity index (χ0n) is 11.2. The Morgan fingerprint density at radius 2 is 2.00 bits per heavy atom. The zero-order valence-corrected chi connectivity index (χ0v) is 12.0. The predicted octanol–water partition coefficient (Wildman–Crippen LogP) is 2.72. The molecule has 0 fully saturated rings. The molecule has 0 saturated heterocycles. The first-order chi connectivity index (χ1) is 9.28. The van der Waals surface area contributed by atoms with Gasteiger partial charge in [0.1, 0.15) is 0 Å². The number of hydrogen-bond acceptors (Lipinski definition) is 5. The van der Waals surface area contributed by atoms with Crippen molar-refractivity contribution in [2.45, 2.75) is 12.8 Å². The molecule has 2 N–H and O–H groups in total. The van der Waals surface area contributed by atoms with Gasteiger partial charge in [-0.3, -0.25) is 0 Å². The van der Waals surface area contributed by atoms with Crippen LogP contribution in [0.3, 0.4) is 0 Å². The number of aryl methyl sites for hydroxylation is 1. The molecule has 1 heterocycles. The van der Waals surface area contributed by atoms with Crippen LogP contribution in [0.15, 0.2) is 23.6 Å². The molecule has 0 radical (unpaired) electrons. The van der Waals surface area contributed by atoms with Gasteiger partial charge in [-0.2, -0.15) is 0 Å². The van der Waals surface area contributed by atoms with E-state index in [1.807, 2.05) is 18.2 Å². The van der Waals surface area contributed by atoms with Crippen LogP contribution in [0.2, 0.25) is 0 Å². The SMILES string of the molecule is COc1ccc(-c2csc(CCCN)n2)cc1OC. The Labute approximate surface area is 117 Å². The minimum atomic E-state index is 0.700. The second-order valence-corrected chi connectivity index (χ2v) is 5.03. The summed E-state index contributed by atoms with van der Waals surface area (Å²) in [5.74, 6) is 1.45. The number of benzene rings is 1. The predicted molar refractivity (Wildman–Crippen MR) is 78.0 cm³/mol. The normalized spacial score (nSPS) is 10.5. The Balaban J connectivity index is 2.23. The van der Waals surface area contributed by atoms with Gasteiger partial charge >= 0.3 is 0 Å². The minimum absolute atomic E-state index is 0.700. The van der Waals surface area contributed by atoms with Crippen LogP contribution in [0.25, 0.3) is 11.3 Å². The van der Waals surface area contributed by atoms with Gasteiger partial charge in [0.15, 0.2) is 11.5 Å². The first-order valence-electron chi connectivity index (χ1n) is 6.15. The first kappa shape index (κ1) is 13.8. The summed E-state index contributed by atoms with van der Waals surface area (Å²) in [4.78, 5) is 4.62. The lowest BCUT2D eigenvalue weighted by Crippen LogP contribution is -1.99. The number of thiazole rings is 1. The molecule has 0 atom stereocenters. The number of nitrogens with two attached hydrogens (primary N) is 1. The highest BCUT2D eigenvalue weighted by atomic mass is 32.1. The Morgan fingerprint density at radius 3 is 2.68 bits per heavy atom. The fraction of sp³-hybridized carbons (Fsp3) is 0.357. The zero-order chi connectivity index (χ0) is 13.7. The maximum Gasteiger partial charge on any atom is 0.161 e. The highest BCUT2D eigenvalue weighted by Gasteiger charge is 2.09. The van der Waals surface area contributed by atoms with Gasteiger partial charge in [0.25, 0.3) is 0 Å². The van der Waals surface area contributed by atoms with E-state index in [0.29, 0.717) is 6.54 Å². The molecule has 0 amide bonds. The van der Waals surface area contributed by atoms with E-state index in [2.05, 4.69) is 10.4 Å². The highest BCUT2D eigenvalue weighted by molar-refractivity contribution is 7.09. The molecule has 2 aromatic rings. The lowest BCUT2D eigenvalue weighted by atomic mass is 10.1. The van der Waals surface area contributed by atoms with Crippen LogP contribution in [0.1, 0.15) is 11.4 Å². The number of methoxy groups -OCH3 is 2. The standard InChI is InChI=1S/C14H18N2O2S/c1-17-12-6-5-10(8-13(12)18-2)11-9-19-14(16-11)4-3-7-15/h5-6,8-9H,3-4,7,15H2,1-2H3. The van der Waals surface area contributed by atoms with Crippen LogP contribution in [0, 0.1) is 0 Å². The molecule has 102 valence electrons. The molecule has 0 spiro atoms. The van der Waals surface area contributed by atoms with E-state index in [1.165, 1.54) is 0 Å². The summed E-state index contributed by atoms with van der Waals surface area (Å²) in [5, 5.41) is 3.18. The van der Waals surface area contributed by atoms with Gasteiger partial charge in [0.2, 0.25) is 0 Å². The molecule has 5 heteroatoms. The van der Waals surface area contributed by atoms with Crippen LogP contribution in [0.5, 0.6) is 11.5 Å². The average Bonchev–Trinajstić information content (AvgIpc) is 2.93. The van der Waals surface area contributed by atoms with Crippen molar-refractivity contribution in [1.29, 1.82) is 0 Å². The Hall–Kier alpha value is -1.59. The molecule has 0 saturated carbocycles. The van der Waals surface area contributed by atoms with Crippen molar-refractivity contribution in [3.63, 3.8) is 0 Å². The molecule has 1 aromatic carbocycles. The number of aromatic nitrogens is 1. The van der Waals surface area contributed by atoms with E-state index in [4.69, 9.17) is 15.2 Å².